The standard InChI is InChI=1S/C17H27N5O3S/c1-4-21(5-2)26(24,25)22-10-6-7-15(22)16-14(11-18-12(3)19-16)17(23)20-13-8-9-13/h11,13,15H,4-10H2,1-3H3,(H,20,23). The molecule has 1 aromatic heterocycles. The average molecular weight is 382 g/mol. The lowest BCUT2D eigenvalue weighted by molar-refractivity contribution is 0.0947. The van der Waals surface area contributed by atoms with Crippen LogP contribution in [0.2, 0.25) is 0 Å². The molecule has 1 amide bonds. The number of amides is 1. The summed E-state index contributed by atoms with van der Waals surface area (Å²) in [6.45, 7) is 6.69. The van der Waals surface area contributed by atoms with E-state index in [1.165, 1.54) is 14.8 Å². The summed E-state index contributed by atoms with van der Waals surface area (Å²) in [7, 11) is -3.59. The predicted octanol–water partition coefficient (Wildman–Crippen LogP) is 1.40. The molecule has 9 heteroatoms. The number of aromatic nitrogens is 2. The summed E-state index contributed by atoms with van der Waals surface area (Å²) in [6, 6.07) is -0.210. The Balaban J connectivity index is 1.96. The van der Waals surface area contributed by atoms with Gasteiger partial charge in [0.15, 0.2) is 0 Å². The fourth-order valence-corrected chi connectivity index (χ4v) is 5.23. The summed E-state index contributed by atoms with van der Waals surface area (Å²) in [6.07, 6.45) is 4.90. The van der Waals surface area contributed by atoms with Crippen LogP contribution >= 0.6 is 0 Å². The Morgan fingerprint density at radius 3 is 2.62 bits per heavy atom. The van der Waals surface area contributed by atoms with E-state index in [0.29, 0.717) is 43.1 Å². The summed E-state index contributed by atoms with van der Waals surface area (Å²) in [5.41, 5.74) is 0.901. The quantitative estimate of drug-likeness (QED) is 0.770. The Labute approximate surface area is 155 Å². The summed E-state index contributed by atoms with van der Waals surface area (Å²) in [5, 5.41) is 2.95. The van der Waals surface area contributed by atoms with Gasteiger partial charge < -0.3 is 5.32 Å². The van der Waals surface area contributed by atoms with E-state index < -0.39 is 16.3 Å². The van der Waals surface area contributed by atoms with Gasteiger partial charge in [0.05, 0.1) is 17.3 Å². The van der Waals surface area contributed by atoms with E-state index in [9.17, 15) is 13.2 Å². The van der Waals surface area contributed by atoms with Gasteiger partial charge in [-0.15, -0.1) is 0 Å². The third-order valence-electron chi connectivity index (χ3n) is 4.94. The number of carbonyl (C=O) groups excluding carboxylic acids is 1. The number of hydrogen-bond donors (Lipinski definition) is 1. The maximum atomic E-state index is 13.0. The lowest BCUT2D eigenvalue weighted by atomic mass is 10.1. The first kappa shape index (κ1) is 19.2. The molecule has 1 unspecified atom stereocenters. The zero-order chi connectivity index (χ0) is 18.9. The molecular formula is C17H27N5O3S. The lowest BCUT2D eigenvalue weighted by Crippen LogP contribution is -2.44. The second kappa shape index (κ2) is 7.58. The van der Waals surface area contributed by atoms with Crippen molar-refractivity contribution >= 4 is 16.1 Å². The second-order valence-corrected chi connectivity index (χ2v) is 8.71. The van der Waals surface area contributed by atoms with E-state index >= 15 is 0 Å². The van der Waals surface area contributed by atoms with Crippen molar-refractivity contribution in [2.45, 2.75) is 58.5 Å². The molecule has 144 valence electrons. The molecule has 1 saturated heterocycles. The van der Waals surface area contributed by atoms with Crippen LogP contribution in [-0.2, 0) is 10.2 Å². The third-order valence-corrected chi connectivity index (χ3v) is 7.14. The molecule has 0 radical (unpaired) electrons. The Hall–Kier alpha value is -1.58. The van der Waals surface area contributed by atoms with Crippen LogP contribution in [0, 0.1) is 6.92 Å². The minimum atomic E-state index is -3.59. The molecule has 0 spiro atoms. The Bertz CT molecular complexity index is 775. The van der Waals surface area contributed by atoms with Gasteiger partial charge in [0.1, 0.15) is 5.82 Å². The average Bonchev–Trinajstić information content (AvgIpc) is 3.26. The van der Waals surface area contributed by atoms with Gasteiger partial charge in [-0.25, -0.2) is 9.97 Å². The lowest BCUT2D eigenvalue weighted by Gasteiger charge is -2.30. The van der Waals surface area contributed by atoms with Crippen molar-refractivity contribution < 1.29 is 13.2 Å². The second-order valence-electron chi connectivity index (χ2n) is 6.82. The molecule has 26 heavy (non-hydrogen) atoms. The minimum absolute atomic E-state index is 0.213. The normalized spacial score (nSPS) is 21.3. The first-order chi connectivity index (χ1) is 12.4. The van der Waals surface area contributed by atoms with E-state index in [4.69, 9.17) is 0 Å². The van der Waals surface area contributed by atoms with Crippen molar-refractivity contribution in [2.75, 3.05) is 19.6 Å². The van der Waals surface area contributed by atoms with Gasteiger partial charge in [0, 0.05) is 31.9 Å². The van der Waals surface area contributed by atoms with Gasteiger partial charge in [-0.05, 0) is 32.6 Å². The number of rotatable bonds is 7. The van der Waals surface area contributed by atoms with Crippen LogP contribution < -0.4 is 5.32 Å². The third kappa shape index (κ3) is 3.74. The Kier molecular flexibility index (Phi) is 5.59. The highest BCUT2D eigenvalue weighted by Crippen LogP contribution is 2.36. The number of aryl methyl sites for hydroxylation is 1. The molecule has 1 aromatic rings. The molecule has 2 heterocycles. The molecule has 1 atom stereocenters. The highest BCUT2D eigenvalue weighted by molar-refractivity contribution is 7.86. The first-order valence-corrected chi connectivity index (χ1v) is 10.7. The number of carbonyl (C=O) groups is 1. The van der Waals surface area contributed by atoms with Gasteiger partial charge in [-0.3, -0.25) is 4.79 Å². The van der Waals surface area contributed by atoms with E-state index in [1.807, 2.05) is 13.8 Å². The number of nitrogens with one attached hydrogen (secondary N) is 1. The SMILES string of the molecule is CCN(CC)S(=O)(=O)N1CCCC1c1nc(C)ncc1C(=O)NC1CC1. The summed E-state index contributed by atoms with van der Waals surface area (Å²) in [5.74, 6) is 0.324. The van der Waals surface area contributed by atoms with Crippen LogP contribution in [0.5, 0.6) is 0 Å². The van der Waals surface area contributed by atoms with Crippen LogP contribution in [0.15, 0.2) is 6.20 Å². The topological polar surface area (TPSA) is 95.5 Å². The first-order valence-electron chi connectivity index (χ1n) is 9.29. The van der Waals surface area contributed by atoms with Crippen LogP contribution in [0.25, 0.3) is 0 Å². The molecular weight excluding hydrogens is 354 g/mol. The van der Waals surface area contributed by atoms with E-state index in [2.05, 4.69) is 15.3 Å². The van der Waals surface area contributed by atoms with Crippen molar-refractivity contribution in [1.82, 2.24) is 23.9 Å². The van der Waals surface area contributed by atoms with Gasteiger partial charge in [0.25, 0.3) is 16.1 Å². The monoisotopic (exact) mass is 381 g/mol. The zero-order valence-corrected chi connectivity index (χ0v) is 16.4. The van der Waals surface area contributed by atoms with Crippen LogP contribution in [0.1, 0.15) is 67.4 Å². The van der Waals surface area contributed by atoms with Crippen molar-refractivity contribution in [3.8, 4) is 0 Å². The van der Waals surface area contributed by atoms with Gasteiger partial charge in [-0.2, -0.15) is 17.0 Å². The van der Waals surface area contributed by atoms with Crippen LogP contribution in [0.3, 0.4) is 0 Å². The maximum Gasteiger partial charge on any atom is 0.282 e. The molecule has 2 fully saturated rings. The van der Waals surface area contributed by atoms with Crippen molar-refractivity contribution in [3.63, 3.8) is 0 Å². The Morgan fingerprint density at radius 1 is 1.31 bits per heavy atom. The minimum Gasteiger partial charge on any atom is -0.349 e. The van der Waals surface area contributed by atoms with E-state index in [0.717, 1.165) is 19.3 Å². The molecule has 1 saturated carbocycles. The van der Waals surface area contributed by atoms with Gasteiger partial charge >= 0.3 is 0 Å². The predicted molar refractivity (Wildman–Crippen MR) is 97.8 cm³/mol. The summed E-state index contributed by atoms with van der Waals surface area (Å²) >= 11 is 0. The molecule has 1 aliphatic carbocycles. The van der Waals surface area contributed by atoms with Crippen LogP contribution in [-0.4, -0.2) is 58.6 Å². The fourth-order valence-electron chi connectivity index (χ4n) is 3.40. The van der Waals surface area contributed by atoms with E-state index in [-0.39, 0.29) is 11.9 Å². The van der Waals surface area contributed by atoms with Crippen molar-refractivity contribution in [2.24, 2.45) is 0 Å². The van der Waals surface area contributed by atoms with Crippen molar-refractivity contribution in [3.05, 3.63) is 23.3 Å². The smallest absolute Gasteiger partial charge is 0.282 e. The van der Waals surface area contributed by atoms with Crippen molar-refractivity contribution in [1.29, 1.82) is 0 Å². The fraction of sp³-hybridized carbons (Fsp3) is 0.706. The summed E-state index contributed by atoms with van der Waals surface area (Å²) in [4.78, 5) is 21.3. The van der Waals surface area contributed by atoms with E-state index in [1.54, 1.807) is 6.92 Å². The molecule has 0 aromatic carbocycles. The molecule has 1 N–H and O–H groups in total. The molecule has 2 aliphatic rings. The van der Waals surface area contributed by atoms with Gasteiger partial charge in [0.2, 0.25) is 0 Å². The molecule has 1 aliphatic heterocycles. The molecule has 0 bridgehead atoms. The van der Waals surface area contributed by atoms with Gasteiger partial charge in [-0.1, -0.05) is 13.8 Å². The maximum absolute atomic E-state index is 13.0. The highest BCUT2D eigenvalue weighted by atomic mass is 32.2. The summed E-state index contributed by atoms with van der Waals surface area (Å²) < 4.78 is 29.0. The Morgan fingerprint density at radius 2 is 2.00 bits per heavy atom. The highest BCUT2D eigenvalue weighted by Gasteiger charge is 2.40. The molecule has 3 rings (SSSR count). The molecule has 8 nitrogen and oxygen atoms in total. The number of hydrogen-bond acceptors (Lipinski definition) is 5. The largest absolute Gasteiger partial charge is 0.349 e. The zero-order valence-electron chi connectivity index (χ0n) is 15.6. The van der Waals surface area contributed by atoms with Crippen LogP contribution in [0.4, 0.5) is 0 Å². The number of nitrogens with zero attached hydrogens (tertiary/aromatic N) is 4.